The molecule has 6 nitrogen and oxygen atoms in total. The number of Topliss-reactive ketones (excluding diaryl/α,β-unsaturated/α-hetero) is 1. The summed E-state index contributed by atoms with van der Waals surface area (Å²) in [6.45, 7) is 2.21. The zero-order valence-electron chi connectivity index (χ0n) is 14.4. The lowest BCUT2D eigenvalue weighted by molar-refractivity contribution is -0.116. The molecule has 0 saturated carbocycles. The number of carbonyl (C=O) groups is 1. The summed E-state index contributed by atoms with van der Waals surface area (Å²) in [5.41, 5.74) is 2.05. The highest BCUT2D eigenvalue weighted by molar-refractivity contribution is 8.15. The third-order valence-corrected chi connectivity index (χ3v) is 8.11. The van der Waals surface area contributed by atoms with Gasteiger partial charge in [-0.15, -0.1) is 11.3 Å². The van der Waals surface area contributed by atoms with Crippen molar-refractivity contribution in [2.45, 2.75) is 22.8 Å². The minimum atomic E-state index is -3.62. The summed E-state index contributed by atoms with van der Waals surface area (Å²) in [7, 11) is -3.62. The molecule has 1 aromatic carbocycles. The predicted octanol–water partition coefficient (Wildman–Crippen LogP) is 3.87. The van der Waals surface area contributed by atoms with Crippen molar-refractivity contribution >= 4 is 60.5 Å². The smallest absolute Gasteiger partial charge is 0.271 e. The fourth-order valence-electron chi connectivity index (χ4n) is 2.96. The second kappa shape index (κ2) is 7.14. The molecule has 1 unspecified atom stereocenters. The van der Waals surface area contributed by atoms with Crippen LogP contribution in [0.5, 0.6) is 0 Å². The van der Waals surface area contributed by atoms with Crippen LogP contribution >= 0.6 is 23.1 Å². The Morgan fingerprint density at radius 3 is 2.93 bits per heavy atom. The molecule has 1 aliphatic heterocycles. The van der Waals surface area contributed by atoms with E-state index >= 15 is 0 Å². The Bertz CT molecular complexity index is 1130. The van der Waals surface area contributed by atoms with Crippen molar-refractivity contribution in [3.63, 3.8) is 0 Å². The van der Waals surface area contributed by atoms with Gasteiger partial charge in [0, 0.05) is 17.1 Å². The maximum absolute atomic E-state index is 12.5. The lowest BCUT2D eigenvalue weighted by Crippen LogP contribution is -2.11. The molecule has 0 aliphatic carbocycles. The van der Waals surface area contributed by atoms with Crippen molar-refractivity contribution in [3.05, 3.63) is 47.5 Å². The second-order valence-corrected chi connectivity index (χ2v) is 10.4. The number of aromatic nitrogens is 1. The first kappa shape index (κ1) is 18.3. The van der Waals surface area contributed by atoms with Crippen LogP contribution in [0.4, 0.5) is 5.69 Å². The Morgan fingerprint density at radius 1 is 1.33 bits per heavy atom. The Balaban J connectivity index is 1.63. The number of rotatable bonds is 6. The maximum atomic E-state index is 12.5. The van der Waals surface area contributed by atoms with Crippen molar-refractivity contribution in [1.82, 2.24) is 4.98 Å². The molecule has 140 valence electrons. The molecule has 9 heteroatoms. The SMILES string of the molecule is CC(=O)CC1CN=C(c2cc3cccc(NS(=O)(=O)c4cccs4)c3[nH]2)S1. The number of carbonyl (C=O) groups excluding carboxylic acids is 1. The summed E-state index contributed by atoms with van der Waals surface area (Å²) in [5, 5.41) is 3.65. The Morgan fingerprint density at radius 2 is 2.19 bits per heavy atom. The van der Waals surface area contributed by atoms with Crippen LogP contribution in [-0.4, -0.2) is 36.0 Å². The van der Waals surface area contributed by atoms with Gasteiger partial charge in [-0.3, -0.25) is 14.5 Å². The van der Waals surface area contributed by atoms with E-state index in [1.54, 1.807) is 42.3 Å². The van der Waals surface area contributed by atoms with E-state index in [9.17, 15) is 13.2 Å². The number of H-pyrrole nitrogens is 1. The summed E-state index contributed by atoms with van der Waals surface area (Å²) >= 11 is 2.76. The molecule has 0 fully saturated rings. The molecule has 0 saturated heterocycles. The molecular weight excluding hydrogens is 402 g/mol. The number of aromatic amines is 1. The monoisotopic (exact) mass is 419 g/mol. The van der Waals surface area contributed by atoms with E-state index in [2.05, 4.69) is 14.7 Å². The predicted molar refractivity (Wildman–Crippen MR) is 112 cm³/mol. The van der Waals surface area contributed by atoms with E-state index in [0.29, 0.717) is 24.2 Å². The first-order valence-corrected chi connectivity index (χ1v) is 11.6. The number of fused-ring (bicyclic) bond motifs is 1. The van der Waals surface area contributed by atoms with Gasteiger partial charge >= 0.3 is 0 Å². The van der Waals surface area contributed by atoms with Crippen molar-refractivity contribution < 1.29 is 13.2 Å². The Hall–Kier alpha value is -2.10. The molecular formula is C18H17N3O3S3. The topological polar surface area (TPSA) is 91.4 Å². The first-order valence-electron chi connectivity index (χ1n) is 8.31. The van der Waals surface area contributed by atoms with Crippen LogP contribution in [0, 0.1) is 0 Å². The minimum Gasteiger partial charge on any atom is -0.351 e. The second-order valence-electron chi connectivity index (χ2n) is 6.28. The summed E-state index contributed by atoms with van der Waals surface area (Å²) in [4.78, 5) is 19.1. The minimum absolute atomic E-state index is 0.158. The number of nitrogens with one attached hydrogen (secondary N) is 2. The molecule has 0 bridgehead atoms. The number of sulfonamides is 1. The van der Waals surface area contributed by atoms with Gasteiger partial charge in [-0.2, -0.15) is 0 Å². The lowest BCUT2D eigenvalue weighted by Gasteiger charge is -2.07. The molecule has 27 heavy (non-hydrogen) atoms. The van der Waals surface area contributed by atoms with Crippen LogP contribution in [0.2, 0.25) is 0 Å². The van der Waals surface area contributed by atoms with Crippen molar-refractivity contribution in [3.8, 4) is 0 Å². The van der Waals surface area contributed by atoms with Crippen LogP contribution in [0.25, 0.3) is 10.9 Å². The van der Waals surface area contributed by atoms with E-state index in [0.717, 1.165) is 16.1 Å². The highest BCUT2D eigenvalue weighted by Crippen LogP contribution is 2.32. The Labute approximate surface area is 165 Å². The van der Waals surface area contributed by atoms with Crippen LogP contribution < -0.4 is 4.72 Å². The van der Waals surface area contributed by atoms with Crippen LogP contribution in [0.1, 0.15) is 19.0 Å². The lowest BCUT2D eigenvalue weighted by atomic mass is 10.2. The van der Waals surface area contributed by atoms with Gasteiger partial charge in [0.05, 0.1) is 23.4 Å². The van der Waals surface area contributed by atoms with E-state index in [1.807, 2.05) is 18.2 Å². The molecule has 3 aromatic rings. The fourth-order valence-corrected chi connectivity index (χ4v) is 6.19. The average Bonchev–Trinajstić information content (AvgIpc) is 3.34. The summed E-state index contributed by atoms with van der Waals surface area (Å²) < 4.78 is 28.0. The zero-order valence-corrected chi connectivity index (χ0v) is 16.9. The van der Waals surface area contributed by atoms with Gasteiger partial charge in [0.1, 0.15) is 15.0 Å². The number of nitrogens with zero attached hydrogens (tertiary/aromatic N) is 1. The Kier molecular flexibility index (Phi) is 4.83. The molecule has 2 N–H and O–H groups in total. The number of para-hydroxylation sites is 1. The zero-order chi connectivity index (χ0) is 19.0. The highest BCUT2D eigenvalue weighted by atomic mass is 32.2. The van der Waals surface area contributed by atoms with Gasteiger partial charge in [0.2, 0.25) is 0 Å². The third-order valence-electron chi connectivity index (χ3n) is 4.12. The molecule has 0 amide bonds. The van der Waals surface area contributed by atoms with Gasteiger partial charge in [0.25, 0.3) is 10.0 Å². The number of ketones is 1. The molecule has 0 radical (unpaired) electrons. The van der Waals surface area contributed by atoms with E-state index in [1.165, 1.54) is 11.3 Å². The molecule has 4 rings (SSSR count). The number of aliphatic imine (C=N–C) groups is 1. The fraction of sp³-hybridized carbons (Fsp3) is 0.222. The number of benzene rings is 1. The van der Waals surface area contributed by atoms with Gasteiger partial charge < -0.3 is 4.98 Å². The molecule has 1 atom stereocenters. The quantitative estimate of drug-likeness (QED) is 0.634. The molecule has 1 aliphatic rings. The van der Waals surface area contributed by atoms with E-state index in [-0.39, 0.29) is 15.2 Å². The molecule has 2 aromatic heterocycles. The highest BCUT2D eigenvalue weighted by Gasteiger charge is 2.24. The van der Waals surface area contributed by atoms with Gasteiger partial charge in [-0.25, -0.2) is 8.42 Å². The van der Waals surface area contributed by atoms with Crippen molar-refractivity contribution in [2.75, 3.05) is 11.3 Å². The molecule has 0 spiro atoms. The number of anilines is 1. The first-order chi connectivity index (χ1) is 12.9. The summed E-state index contributed by atoms with van der Waals surface area (Å²) in [6.07, 6.45) is 0.504. The van der Waals surface area contributed by atoms with Crippen LogP contribution in [0.3, 0.4) is 0 Å². The largest absolute Gasteiger partial charge is 0.351 e. The standard InChI is InChI=1S/C18H17N3O3S3/c1-11(22)8-13-10-19-18(26-13)15-9-12-4-2-5-14(17(12)20-15)21-27(23,24)16-6-3-7-25-16/h2-7,9,13,20-21H,8,10H2,1H3. The summed E-state index contributed by atoms with van der Waals surface area (Å²) in [5.74, 6) is 0.158. The number of hydrogen-bond donors (Lipinski definition) is 2. The van der Waals surface area contributed by atoms with Gasteiger partial charge in [0.15, 0.2) is 0 Å². The third kappa shape index (κ3) is 3.80. The average molecular weight is 420 g/mol. The number of thioether (sulfide) groups is 1. The van der Waals surface area contributed by atoms with E-state index < -0.39 is 10.0 Å². The van der Waals surface area contributed by atoms with Gasteiger partial charge in [-0.1, -0.05) is 30.0 Å². The maximum Gasteiger partial charge on any atom is 0.271 e. The van der Waals surface area contributed by atoms with E-state index in [4.69, 9.17) is 0 Å². The summed E-state index contributed by atoms with van der Waals surface area (Å²) in [6, 6.07) is 10.7. The number of thiophene rings is 1. The molecule has 3 heterocycles. The van der Waals surface area contributed by atoms with Crippen molar-refractivity contribution in [2.24, 2.45) is 4.99 Å². The van der Waals surface area contributed by atoms with Crippen LogP contribution in [-0.2, 0) is 14.8 Å². The normalized spacial score (nSPS) is 17.2. The van der Waals surface area contributed by atoms with Crippen molar-refractivity contribution in [1.29, 1.82) is 0 Å². The number of hydrogen-bond acceptors (Lipinski definition) is 6. The van der Waals surface area contributed by atoms with Crippen LogP contribution in [0.15, 0.2) is 51.0 Å². The van der Waals surface area contributed by atoms with Gasteiger partial charge in [-0.05, 0) is 30.5 Å².